The Morgan fingerprint density at radius 3 is 2.39 bits per heavy atom. The maximum absolute atomic E-state index is 13.1. The number of ketones is 1. The highest BCUT2D eigenvalue weighted by molar-refractivity contribution is 6.46. The van der Waals surface area contributed by atoms with Gasteiger partial charge >= 0.3 is 0 Å². The molecule has 0 saturated carbocycles. The topological polar surface area (TPSA) is 76.1 Å². The number of likely N-dealkylation sites (tertiary alicyclic amines) is 1. The Kier molecular flexibility index (Phi) is 7.92. The van der Waals surface area contributed by atoms with Gasteiger partial charge in [0.05, 0.1) is 18.2 Å². The van der Waals surface area contributed by atoms with Crippen molar-refractivity contribution in [3.8, 4) is 5.75 Å². The molecule has 176 valence electrons. The van der Waals surface area contributed by atoms with E-state index in [9.17, 15) is 14.7 Å². The average molecular weight is 452 g/mol. The third-order valence-electron chi connectivity index (χ3n) is 5.70. The summed E-state index contributed by atoms with van der Waals surface area (Å²) in [7, 11) is 1.60. The minimum Gasteiger partial charge on any atom is -0.507 e. The number of aliphatic hydroxyl groups excluding tert-OH is 1. The number of methoxy groups -OCH3 is 1. The Bertz CT molecular complexity index is 1040. The van der Waals surface area contributed by atoms with Crippen LogP contribution in [0.2, 0.25) is 0 Å². The van der Waals surface area contributed by atoms with Crippen LogP contribution < -0.4 is 4.74 Å². The number of benzene rings is 2. The number of rotatable bonds is 9. The van der Waals surface area contributed by atoms with Gasteiger partial charge in [-0.15, -0.1) is 0 Å². The van der Waals surface area contributed by atoms with Crippen LogP contribution in [-0.2, 0) is 14.3 Å². The van der Waals surface area contributed by atoms with E-state index in [1.807, 2.05) is 38.1 Å². The van der Waals surface area contributed by atoms with E-state index in [0.717, 1.165) is 22.4 Å². The zero-order valence-electron chi connectivity index (χ0n) is 20.1. The molecule has 0 bridgehead atoms. The van der Waals surface area contributed by atoms with E-state index in [1.54, 1.807) is 25.3 Å². The quantitative estimate of drug-likeness (QED) is 0.257. The van der Waals surface area contributed by atoms with E-state index in [2.05, 4.69) is 13.8 Å². The number of carbonyl (C=O) groups is 2. The molecule has 2 aromatic carbocycles. The van der Waals surface area contributed by atoms with Crippen LogP contribution in [0.3, 0.4) is 0 Å². The Morgan fingerprint density at radius 2 is 1.79 bits per heavy atom. The molecule has 1 heterocycles. The lowest BCUT2D eigenvalue weighted by atomic mass is 9.94. The number of aryl methyl sites for hydroxylation is 2. The van der Waals surface area contributed by atoms with Crippen molar-refractivity contribution in [2.75, 3.05) is 26.9 Å². The van der Waals surface area contributed by atoms with Crippen LogP contribution in [0.15, 0.2) is 48.0 Å². The van der Waals surface area contributed by atoms with Crippen molar-refractivity contribution >= 4 is 17.4 Å². The molecule has 6 nitrogen and oxygen atoms in total. The third-order valence-corrected chi connectivity index (χ3v) is 5.70. The molecule has 1 N–H and O–H groups in total. The number of nitrogens with zero attached hydrogens (tertiary/aromatic N) is 1. The Hall–Kier alpha value is -3.12. The van der Waals surface area contributed by atoms with Crippen molar-refractivity contribution < 1.29 is 24.2 Å². The van der Waals surface area contributed by atoms with Gasteiger partial charge < -0.3 is 19.5 Å². The predicted octanol–water partition coefficient (Wildman–Crippen LogP) is 4.80. The Balaban J connectivity index is 2.04. The van der Waals surface area contributed by atoms with Crippen LogP contribution in [0, 0.1) is 19.8 Å². The van der Waals surface area contributed by atoms with Gasteiger partial charge in [0.1, 0.15) is 11.5 Å². The SMILES string of the molecule is COCCCN1C(=O)C(=O)C(=C(O)c2ccc(OCC(C)C)c(C)c2)C1c1ccc(C)cc1. The number of carbonyl (C=O) groups excluding carboxylic acids is 2. The van der Waals surface area contributed by atoms with E-state index in [1.165, 1.54) is 4.90 Å². The molecule has 2 aromatic rings. The summed E-state index contributed by atoms with van der Waals surface area (Å²) in [5.74, 6) is -0.330. The first-order valence-corrected chi connectivity index (χ1v) is 11.3. The predicted molar refractivity (Wildman–Crippen MR) is 128 cm³/mol. The molecule has 1 saturated heterocycles. The van der Waals surface area contributed by atoms with E-state index >= 15 is 0 Å². The minimum absolute atomic E-state index is 0.108. The van der Waals surface area contributed by atoms with Crippen molar-refractivity contribution in [3.63, 3.8) is 0 Å². The summed E-state index contributed by atoms with van der Waals surface area (Å²) in [6.07, 6.45) is 0.590. The molecule has 6 heteroatoms. The largest absolute Gasteiger partial charge is 0.507 e. The van der Waals surface area contributed by atoms with Gasteiger partial charge in [-0.2, -0.15) is 0 Å². The molecule has 0 aliphatic carbocycles. The van der Waals surface area contributed by atoms with Crippen molar-refractivity contribution in [1.82, 2.24) is 4.90 Å². The lowest BCUT2D eigenvalue weighted by Gasteiger charge is -2.25. The van der Waals surface area contributed by atoms with Crippen molar-refractivity contribution in [3.05, 3.63) is 70.3 Å². The molecule has 33 heavy (non-hydrogen) atoms. The summed E-state index contributed by atoms with van der Waals surface area (Å²) < 4.78 is 11.0. The van der Waals surface area contributed by atoms with Gasteiger partial charge in [-0.1, -0.05) is 43.7 Å². The molecule has 1 fully saturated rings. The van der Waals surface area contributed by atoms with Crippen molar-refractivity contribution in [2.45, 2.75) is 40.2 Å². The Labute approximate surface area is 195 Å². The van der Waals surface area contributed by atoms with Gasteiger partial charge in [0.15, 0.2) is 0 Å². The zero-order valence-corrected chi connectivity index (χ0v) is 20.1. The van der Waals surface area contributed by atoms with E-state index in [-0.39, 0.29) is 11.3 Å². The van der Waals surface area contributed by atoms with Gasteiger partial charge in [-0.05, 0) is 55.5 Å². The van der Waals surface area contributed by atoms with Gasteiger partial charge in [0.25, 0.3) is 11.7 Å². The summed E-state index contributed by atoms with van der Waals surface area (Å²) >= 11 is 0. The highest BCUT2D eigenvalue weighted by Crippen LogP contribution is 2.40. The second-order valence-electron chi connectivity index (χ2n) is 8.93. The standard InChI is InChI=1S/C27H33NO5/c1-17(2)16-33-22-12-11-21(15-19(22)4)25(29)23-24(20-9-7-18(3)8-10-20)28(13-6-14-32-5)27(31)26(23)30/h7-12,15,17,24,29H,6,13-14,16H2,1-5H3. The minimum atomic E-state index is -0.673. The molecular weight excluding hydrogens is 418 g/mol. The zero-order chi connectivity index (χ0) is 24.1. The summed E-state index contributed by atoms with van der Waals surface area (Å²) in [6.45, 7) is 9.44. The molecular formula is C27H33NO5. The summed E-state index contributed by atoms with van der Waals surface area (Å²) in [6, 6.07) is 12.3. The lowest BCUT2D eigenvalue weighted by Crippen LogP contribution is -2.31. The summed E-state index contributed by atoms with van der Waals surface area (Å²) in [5.41, 5.74) is 3.30. The fourth-order valence-electron chi connectivity index (χ4n) is 3.96. The summed E-state index contributed by atoms with van der Waals surface area (Å²) in [5, 5.41) is 11.2. The monoisotopic (exact) mass is 451 g/mol. The van der Waals surface area contributed by atoms with E-state index in [0.29, 0.717) is 37.7 Å². The maximum Gasteiger partial charge on any atom is 0.295 e. The number of ether oxygens (including phenoxy) is 2. The van der Waals surface area contributed by atoms with Crippen molar-refractivity contribution in [2.24, 2.45) is 5.92 Å². The molecule has 0 aromatic heterocycles. The number of amides is 1. The smallest absolute Gasteiger partial charge is 0.295 e. The normalized spacial score (nSPS) is 17.8. The van der Waals surface area contributed by atoms with Gasteiger partial charge in [-0.3, -0.25) is 9.59 Å². The van der Waals surface area contributed by atoms with Crippen LogP contribution in [0.4, 0.5) is 0 Å². The number of hydrogen-bond acceptors (Lipinski definition) is 5. The molecule has 1 atom stereocenters. The Morgan fingerprint density at radius 1 is 1.09 bits per heavy atom. The number of Topliss-reactive ketones (excluding diaryl/α,β-unsaturated/α-hetero) is 1. The lowest BCUT2D eigenvalue weighted by molar-refractivity contribution is -0.140. The first-order chi connectivity index (χ1) is 15.7. The number of aliphatic hydroxyl groups is 1. The fraction of sp³-hybridized carbons (Fsp3) is 0.407. The van der Waals surface area contributed by atoms with Crippen molar-refractivity contribution in [1.29, 1.82) is 0 Å². The highest BCUT2D eigenvalue weighted by atomic mass is 16.5. The van der Waals surface area contributed by atoms with Crippen LogP contribution in [-0.4, -0.2) is 48.6 Å². The van der Waals surface area contributed by atoms with E-state index < -0.39 is 17.7 Å². The molecule has 1 amide bonds. The third kappa shape index (κ3) is 5.45. The van der Waals surface area contributed by atoms with Gasteiger partial charge in [-0.25, -0.2) is 0 Å². The first-order valence-electron chi connectivity index (χ1n) is 11.3. The molecule has 1 aliphatic rings. The number of hydrogen-bond donors (Lipinski definition) is 1. The van der Waals surface area contributed by atoms with Crippen LogP contribution in [0.25, 0.3) is 5.76 Å². The highest BCUT2D eigenvalue weighted by Gasteiger charge is 2.45. The summed E-state index contributed by atoms with van der Waals surface area (Å²) in [4.78, 5) is 27.5. The maximum atomic E-state index is 13.1. The van der Waals surface area contributed by atoms with Crippen LogP contribution >= 0.6 is 0 Å². The second-order valence-corrected chi connectivity index (χ2v) is 8.93. The average Bonchev–Trinajstić information content (AvgIpc) is 3.03. The van der Waals surface area contributed by atoms with Gasteiger partial charge in [0.2, 0.25) is 0 Å². The molecule has 1 unspecified atom stereocenters. The molecule has 1 aliphatic heterocycles. The second kappa shape index (κ2) is 10.7. The fourth-order valence-corrected chi connectivity index (χ4v) is 3.96. The molecule has 3 rings (SSSR count). The van der Waals surface area contributed by atoms with Gasteiger partial charge in [0, 0.05) is 25.8 Å². The van der Waals surface area contributed by atoms with E-state index in [4.69, 9.17) is 9.47 Å². The molecule has 0 radical (unpaired) electrons. The van der Waals surface area contributed by atoms with Crippen LogP contribution in [0.1, 0.15) is 48.6 Å². The first kappa shape index (κ1) is 24.5. The van der Waals surface area contributed by atoms with Crippen LogP contribution in [0.5, 0.6) is 5.75 Å². The molecule has 0 spiro atoms.